The van der Waals surface area contributed by atoms with Gasteiger partial charge in [0, 0.05) is 6.54 Å². The van der Waals surface area contributed by atoms with Crippen molar-refractivity contribution in [1.29, 1.82) is 0 Å². The Bertz CT molecular complexity index is 692. The van der Waals surface area contributed by atoms with Crippen molar-refractivity contribution in [3.05, 3.63) is 56.4 Å². The topological polar surface area (TPSA) is 58.7 Å². The molecule has 0 amide bonds. The summed E-state index contributed by atoms with van der Waals surface area (Å²) in [6.45, 7) is 2.10. The quantitative estimate of drug-likeness (QED) is 0.399. The molecule has 0 fully saturated rings. The van der Waals surface area contributed by atoms with Crippen LogP contribution in [-0.4, -0.2) is 27.3 Å². The smallest absolute Gasteiger partial charge is 0.322 e. The minimum Gasteiger partial charge on any atom is -0.322 e. The first-order valence-corrected chi connectivity index (χ1v) is 8.78. The molecule has 5 nitrogen and oxygen atoms in total. The average molecular weight is 394 g/mol. The number of benzene rings is 1. The normalized spacial score (nSPS) is 18.0. The Morgan fingerprint density at radius 2 is 2.00 bits per heavy atom. The summed E-state index contributed by atoms with van der Waals surface area (Å²) in [6.07, 6.45) is -2.41. The molecule has 0 aliphatic carbocycles. The second kappa shape index (κ2) is 8.09. The van der Waals surface area contributed by atoms with Gasteiger partial charge in [0.2, 0.25) is 0 Å². The third-order valence-corrected chi connectivity index (χ3v) is 5.09. The number of thioether (sulfide) groups is 1. The van der Waals surface area contributed by atoms with E-state index in [1.54, 1.807) is 0 Å². The average Bonchev–Trinajstić information content (AvgIpc) is 2.54. The molecule has 1 aromatic rings. The van der Waals surface area contributed by atoms with Crippen LogP contribution in [0.4, 0.5) is 13.2 Å². The van der Waals surface area contributed by atoms with E-state index >= 15 is 0 Å². The summed E-state index contributed by atoms with van der Waals surface area (Å²) in [6, 6.07) is 4.61. The van der Waals surface area contributed by atoms with E-state index in [0.717, 1.165) is 30.5 Å². The lowest BCUT2D eigenvalue weighted by atomic mass is 10.1. The maximum absolute atomic E-state index is 12.6. The van der Waals surface area contributed by atoms with Crippen molar-refractivity contribution < 1.29 is 18.1 Å². The van der Waals surface area contributed by atoms with E-state index in [0.29, 0.717) is 5.56 Å². The van der Waals surface area contributed by atoms with Crippen molar-refractivity contribution in [3.8, 4) is 0 Å². The van der Waals surface area contributed by atoms with Crippen molar-refractivity contribution in [2.24, 2.45) is 4.99 Å². The lowest BCUT2D eigenvalue weighted by Gasteiger charge is -2.31. The van der Waals surface area contributed by atoms with Crippen LogP contribution in [0.3, 0.4) is 0 Å². The summed E-state index contributed by atoms with van der Waals surface area (Å²) in [5.41, 5.74) is -0.995. The van der Waals surface area contributed by atoms with Crippen LogP contribution in [0.1, 0.15) is 24.5 Å². The molecule has 10 heteroatoms. The Balaban J connectivity index is 2.25. The molecule has 2 rings (SSSR count). The van der Waals surface area contributed by atoms with Crippen molar-refractivity contribution >= 4 is 29.6 Å². The highest BCUT2D eigenvalue weighted by atomic mass is 35.5. The molecule has 1 aromatic carbocycles. The summed E-state index contributed by atoms with van der Waals surface area (Å²) in [7, 11) is 0. The Hall–Kier alpha value is -1.74. The molecule has 0 bridgehead atoms. The van der Waals surface area contributed by atoms with Gasteiger partial charge in [-0.1, -0.05) is 30.7 Å². The zero-order chi connectivity index (χ0) is 18.6. The maximum atomic E-state index is 12.6. The van der Waals surface area contributed by atoms with Crippen molar-refractivity contribution in [1.82, 2.24) is 4.90 Å². The number of aliphatic imine (C=N–C) groups is 1. The number of alkyl halides is 3. The number of allylic oxidation sites excluding steroid dienone is 1. The largest absolute Gasteiger partial charge is 0.416 e. The van der Waals surface area contributed by atoms with Gasteiger partial charge in [0.15, 0.2) is 10.7 Å². The van der Waals surface area contributed by atoms with Gasteiger partial charge in [-0.3, -0.25) is 15.1 Å². The first-order valence-electron chi connectivity index (χ1n) is 7.35. The summed E-state index contributed by atoms with van der Waals surface area (Å²) in [5, 5.41) is 11.0. The molecule has 0 saturated carbocycles. The number of hydrogen-bond acceptors (Lipinski definition) is 5. The lowest BCUT2D eigenvalue weighted by molar-refractivity contribution is -0.416. The first kappa shape index (κ1) is 19.6. The fraction of sp³-hybridized carbons (Fsp3) is 0.400. The van der Waals surface area contributed by atoms with E-state index in [1.165, 1.54) is 28.8 Å². The number of rotatable bonds is 6. The fourth-order valence-corrected chi connectivity index (χ4v) is 3.42. The molecule has 0 saturated heterocycles. The number of halogens is 4. The molecular weight excluding hydrogens is 379 g/mol. The molecule has 0 radical (unpaired) electrons. The Morgan fingerprint density at radius 3 is 2.52 bits per heavy atom. The van der Waals surface area contributed by atoms with Crippen LogP contribution in [0.15, 0.2) is 40.1 Å². The Kier molecular flexibility index (Phi) is 6.34. The van der Waals surface area contributed by atoms with Gasteiger partial charge < -0.3 is 4.90 Å². The molecule has 1 unspecified atom stereocenters. The van der Waals surface area contributed by atoms with Crippen molar-refractivity contribution in [2.45, 2.75) is 31.6 Å². The third-order valence-electron chi connectivity index (χ3n) is 3.36. The van der Waals surface area contributed by atoms with Gasteiger partial charge in [-0.25, -0.2) is 0 Å². The molecule has 1 aliphatic heterocycles. The van der Waals surface area contributed by atoms with Crippen LogP contribution in [0, 0.1) is 10.1 Å². The lowest BCUT2D eigenvalue weighted by Crippen LogP contribution is -2.34. The zero-order valence-electron chi connectivity index (χ0n) is 13.2. The van der Waals surface area contributed by atoms with Crippen LogP contribution < -0.4 is 0 Å². The third kappa shape index (κ3) is 4.88. The maximum Gasteiger partial charge on any atom is 0.416 e. The van der Waals surface area contributed by atoms with Gasteiger partial charge in [-0.15, -0.1) is 11.8 Å². The molecule has 1 atom stereocenters. The second-order valence-electron chi connectivity index (χ2n) is 5.23. The zero-order valence-corrected chi connectivity index (χ0v) is 14.7. The van der Waals surface area contributed by atoms with Gasteiger partial charge in [0.25, 0.3) is 0 Å². The van der Waals surface area contributed by atoms with Crippen LogP contribution in [-0.2, 0) is 12.7 Å². The van der Waals surface area contributed by atoms with Gasteiger partial charge in [-0.2, -0.15) is 13.2 Å². The molecule has 25 heavy (non-hydrogen) atoms. The molecule has 1 aliphatic rings. The standard InChI is InChI=1S/C15H15ClF3N3O2S/c1-2-7-25-14-20-8-12(22(23)24)13(16)21(14)9-10-3-5-11(6-4-10)15(17,18)19/h3-6,8,14H,2,7,9H2,1H3. The van der Waals surface area contributed by atoms with E-state index < -0.39 is 22.2 Å². The van der Waals surface area contributed by atoms with Crippen molar-refractivity contribution in [3.63, 3.8) is 0 Å². The molecule has 0 N–H and O–H groups in total. The first-order chi connectivity index (χ1) is 11.7. The SMILES string of the molecule is CCCSC1N=CC([N+](=O)[O-])=C(Cl)N1Cc1ccc(C(F)(F)F)cc1. The number of nitrogens with zero attached hydrogens (tertiary/aromatic N) is 3. The predicted molar refractivity (Wildman–Crippen MR) is 91.9 cm³/mol. The number of hydrogen-bond donors (Lipinski definition) is 0. The highest BCUT2D eigenvalue weighted by Crippen LogP contribution is 2.33. The van der Waals surface area contributed by atoms with Crippen LogP contribution in [0.2, 0.25) is 0 Å². The Labute approximate surface area is 151 Å². The molecule has 0 spiro atoms. The van der Waals surface area contributed by atoms with E-state index in [1.807, 2.05) is 6.92 Å². The monoisotopic (exact) mass is 393 g/mol. The Morgan fingerprint density at radius 1 is 1.36 bits per heavy atom. The summed E-state index contributed by atoms with van der Waals surface area (Å²) in [4.78, 5) is 16.1. The predicted octanol–water partition coefficient (Wildman–Crippen LogP) is 4.70. The minimum atomic E-state index is -4.41. The van der Waals surface area contributed by atoms with E-state index in [4.69, 9.17) is 11.6 Å². The highest BCUT2D eigenvalue weighted by molar-refractivity contribution is 7.99. The van der Waals surface area contributed by atoms with E-state index in [-0.39, 0.29) is 17.4 Å². The van der Waals surface area contributed by atoms with Crippen LogP contribution in [0.5, 0.6) is 0 Å². The summed E-state index contributed by atoms with van der Waals surface area (Å²) < 4.78 is 37.9. The van der Waals surface area contributed by atoms with Gasteiger partial charge in [0.05, 0.1) is 10.5 Å². The van der Waals surface area contributed by atoms with Crippen LogP contribution >= 0.6 is 23.4 Å². The summed E-state index contributed by atoms with van der Waals surface area (Å²) in [5.74, 6) is 0.767. The van der Waals surface area contributed by atoms with Gasteiger partial charge in [0.1, 0.15) is 6.21 Å². The molecule has 136 valence electrons. The van der Waals surface area contributed by atoms with Gasteiger partial charge >= 0.3 is 11.9 Å². The highest BCUT2D eigenvalue weighted by Gasteiger charge is 2.32. The fourth-order valence-electron chi connectivity index (χ4n) is 2.13. The second-order valence-corrected chi connectivity index (χ2v) is 6.75. The molecular formula is C15H15ClF3N3O2S. The van der Waals surface area contributed by atoms with Crippen LogP contribution in [0.25, 0.3) is 0 Å². The van der Waals surface area contributed by atoms with Crippen molar-refractivity contribution in [2.75, 3.05) is 5.75 Å². The molecule has 0 aromatic heterocycles. The minimum absolute atomic E-state index is 0.0755. The van der Waals surface area contributed by atoms with Gasteiger partial charge in [-0.05, 0) is 29.9 Å². The molecule has 1 heterocycles. The van der Waals surface area contributed by atoms with E-state index in [9.17, 15) is 23.3 Å². The summed E-state index contributed by atoms with van der Waals surface area (Å²) >= 11 is 7.61. The number of nitro groups is 1. The van der Waals surface area contributed by atoms with E-state index in [2.05, 4.69) is 4.99 Å².